The highest BCUT2D eigenvalue weighted by atomic mass is 16.2. The summed E-state index contributed by atoms with van der Waals surface area (Å²) in [5, 5.41) is 2.31. The van der Waals surface area contributed by atoms with Crippen molar-refractivity contribution in [1.29, 1.82) is 0 Å². The monoisotopic (exact) mass is 399 g/mol. The van der Waals surface area contributed by atoms with E-state index < -0.39 is 11.9 Å². The molecule has 1 saturated heterocycles. The van der Waals surface area contributed by atoms with Crippen LogP contribution in [0.15, 0.2) is 18.2 Å². The number of benzene rings is 1. The zero-order valence-corrected chi connectivity index (χ0v) is 16.9. The summed E-state index contributed by atoms with van der Waals surface area (Å²) in [6.45, 7) is 2.49. The lowest BCUT2D eigenvalue weighted by atomic mass is 9.91. The Morgan fingerprint density at radius 1 is 1.24 bits per heavy atom. The van der Waals surface area contributed by atoms with Gasteiger partial charge in [0.05, 0.1) is 0 Å². The molecule has 1 aromatic carbocycles. The summed E-state index contributed by atoms with van der Waals surface area (Å²) in [5.41, 5.74) is 8.01. The van der Waals surface area contributed by atoms with E-state index in [2.05, 4.69) is 12.2 Å². The van der Waals surface area contributed by atoms with E-state index in [-0.39, 0.29) is 30.1 Å². The van der Waals surface area contributed by atoms with Gasteiger partial charge in [-0.2, -0.15) is 0 Å². The first-order chi connectivity index (χ1) is 13.9. The Labute approximate surface area is 171 Å². The summed E-state index contributed by atoms with van der Waals surface area (Å²) < 4.78 is 0. The third-order valence-corrected chi connectivity index (χ3v) is 5.88. The summed E-state index contributed by atoms with van der Waals surface area (Å²) in [7, 11) is 0. The van der Waals surface area contributed by atoms with E-state index in [1.165, 1.54) is 4.90 Å². The molecule has 3 N–H and O–H groups in total. The lowest BCUT2D eigenvalue weighted by molar-refractivity contribution is -0.137. The van der Waals surface area contributed by atoms with Crippen molar-refractivity contribution in [2.75, 3.05) is 0 Å². The molecule has 156 valence electrons. The highest BCUT2D eigenvalue weighted by Crippen LogP contribution is 2.29. The Morgan fingerprint density at radius 2 is 2.03 bits per heavy atom. The second-order valence-corrected chi connectivity index (χ2v) is 8.04. The van der Waals surface area contributed by atoms with Crippen LogP contribution in [0.2, 0.25) is 0 Å². The largest absolute Gasteiger partial charge is 0.369 e. The third kappa shape index (κ3) is 4.83. The number of carbonyl (C=O) groups excluding carboxylic acids is 4. The van der Waals surface area contributed by atoms with Gasteiger partial charge in [0.1, 0.15) is 6.04 Å². The number of hydrogen-bond acceptors (Lipinski definition) is 4. The second-order valence-electron chi connectivity index (χ2n) is 8.04. The predicted octanol–water partition coefficient (Wildman–Crippen LogP) is 2.06. The maximum atomic E-state index is 12.8. The molecule has 2 atom stereocenters. The van der Waals surface area contributed by atoms with E-state index in [0.717, 1.165) is 43.2 Å². The van der Waals surface area contributed by atoms with E-state index in [0.29, 0.717) is 24.9 Å². The number of carbonyl (C=O) groups is 4. The lowest BCUT2D eigenvalue weighted by Crippen LogP contribution is -2.52. The van der Waals surface area contributed by atoms with Crippen LogP contribution in [0, 0.1) is 5.92 Å². The minimum Gasteiger partial charge on any atom is -0.369 e. The van der Waals surface area contributed by atoms with Crippen LogP contribution in [-0.4, -0.2) is 34.6 Å². The van der Waals surface area contributed by atoms with E-state index >= 15 is 0 Å². The molecule has 1 aromatic rings. The molecular weight excluding hydrogens is 370 g/mol. The summed E-state index contributed by atoms with van der Waals surface area (Å²) in [4.78, 5) is 49.7. The number of hydrogen-bond donors (Lipinski definition) is 2. The van der Waals surface area contributed by atoms with Gasteiger partial charge in [0.25, 0.3) is 5.91 Å². The van der Waals surface area contributed by atoms with E-state index in [1.807, 2.05) is 12.1 Å². The Balaban J connectivity index is 1.68. The van der Waals surface area contributed by atoms with E-state index in [1.54, 1.807) is 6.07 Å². The molecular formula is C22H29N3O4. The molecule has 0 spiro atoms. The topological polar surface area (TPSA) is 110 Å². The molecule has 2 aliphatic heterocycles. The van der Waals surface area contributed by atoms with Crippen molar-refractivity contribution in [3.63, 3.8) is 0 Å². The van der Waals surface area contributed by atoms with Crippen LogP contribution in [0.3, 0.4) is 0 Å². The van der Waals surface area contributed by atoms with Crippen LogP contribution in [0.25, 0.3) is 0 Å². The third-order valence-electron chi connectivity index (χ3n) is 5.88. The zero-order chi connectivity index (χ0) is 21.0. The van der Waals surface area contributed by atoms with Crippen molar-refractivity contribution in [3.8, 4) is 0 Å². The van der Waals surface area contributed by atoms with Crippen molar-refractivity contribution < 1.29 is 19.2 Å². The van der Waals surface area contributed by atoms with Gasteiger partial charge in [-0.15, -0.1) is 0 Å². The van der Waals surface area contributed by atoms with Crippen molar-refractivity contribution in [1.82, 2.24) is 10.2 Å². The molecule has 7 heteroatoms. The number of imide groups is 1. The second kappa shape index (κ2) is 9.20. The number of nitrogens with zero attached hydrogens (tertiary/aromatic N) is 1. The number of piperidine rings is 1. The molecule has 29 heavy (non-hydrogen) atoms. The van der Waals surface area contributed by atoms with Gasteiger partial charge in [-0.05, 0) is 36.5 Å². The minimum absolute atomic E-state index is 0.188. The molecule has 4 amide bonds. The smallest absolute Gasteiger partial charge is 0.255 e. The summed E-state index contributed by atoms with van der Waals surface area (Å²) in [5.74, 6) is -1.40. The average molecular weight is 399 g/mol. The molecule has 2 heterocycles. The quantitative estimate of drug-likeness (QED) is 0.489. The van der Waals surface area contributed by atoms with Crippen molar-refractivity contribution in [3.05, 3.63) is 34.9 Å². The molecule has 3 rings (SSSR count). The van der Waals surface area contributed by atoms with Gasteiger partial charge in [0, 0.05) is 24.4 Å². The van der Waals surface area contributed by atoms with Gasteiger partial charge in [-0.3, -0.25) is 24.5 Å². The zero-order valence-electron chi connectivity index (χ0n) is 16.9. The molecule has 2 unspecified atom stereocenters. The molecule has 0 aromatic heterocycles. The van der Waals surface area contributed by atoms with Gasteiger partial charge in [0.15, 0.2) is 0 Å². The molecule has 2 aliphatic rings. The molecule has 0 saturated carbocycles. The SMILES string of the molecule is CCCCCCC(Cc1ccc2c(c1)CN(C1CCC(=O)NC1=O)C2=O)C(N)=O. The summed E-state index contributed by atoms with van der Waals surface area (Å²) in [6.07, 6.45) is 6.29. The Morgan fingerprint density at radius 3 is 2.72 bits per heavy atom. The number of rotatable bonds is 9. The normalized spacial score (nSPS) is 19.8. The number of unbranched alkanes of at least 4 members (excludes halogenated alkanes) is 3. The maximum absolute atomic E-state index is 12.8. The van der Waals surface area contributed by atoms with Crippen molar-refractivity contribution in [2.24, 2.45) is 11.7 Å². The summed E-state index contributed by atoms with van der Waals surface area (Å²) >= 11 is 0. The van der Waals surface area contributed by atoms with Gasteiger partial charge in [-0.1, -0.05) is 44.7 Å². The molecule has 0 radical (unpaired) electrons. The first-order valence-electron chi connectivity index (χ1n) is 10.5. The number of amides is 4. The van der Waals surface area contributed by atoms with Gasteiger partial charge < -0.3 is 10.6 Å². The van der Waals surface area contributed by atoms with Gasteiger partial charge >= 0.3 is 0 Å². The van der Waals surface area contributed by atoms with Crippen LogP contribution >= 0.6 is 0 Å². The lowest BCUT2D eigenvalue weighted by Gasteiger charge is -2.29. The Hall–Kier alpha value is -2.70. The Kier molecular flexibility index (Phi) is 6.67. The van der Waals surface area contributed by atoms with E-state index in [4.69, 9.17) is 5.73 Å². The van der Waals surface area contributed by atoms with Gasteiger partial charge in [0.2, 0.25) is 17.7 Å². The molecule has 7 nitrogen and oxygen atoms in total. The fraction of sp³-hybridized carbons (Fsp3) is 0.545. The van der Waals surface area contributed by atoms with Gasteiger partial charge in [-0.25, -0.2) is 0 Å². The van der Waals surface area contributed by atoms with Crippen LogP contribution in [0.4, 0.5) is 0 Å². The van der Waals surface area contributed by atoms with Crippen molar-refractivity contribution >= 4 is 23.6 Å². The molecule has 1 fully saturated rings. The standard InChI is InChI=1S/C22H29N3O4/c1-2-3-4-5-6-15(20(23)27)11-14-7-8-17-16(12-14)13-25(22(17)29)18-9-10-19(26)24-21(18)28/h7-8,12,15,18H,2-6,9-11,13H2,1H3,(H2,23,27)(H,24,26,28). The van der Waals surface area contributed by atoms with Crippen LogP contribution in [0.1, 0.15) is 73.4 Å². The summed E-state index contributed by atoms with van der Waals surface area (Å²) in [6, 6.07) is 4.97. The fourth-order valence-corrected chi connectivity index (χ4v) is 4.20. The first kappa shape index (κ1) is 21.0. The highest BCUT2D eigenvalue weighted by Gasteiger charge is 2.39. The van der Waals surface area contributed by atoms with Crippen LogP contribution < -0.4 is 11.1 Å². The minimum atomic E-state index is -0.618. The predicted molar refractivity (Wildman–Crippen MR) is 108 cm³/mol. The average Bonchev–Trinajstić information content (AvgIpc) is 3.00. The number of nitrogens with one attached hydrogen (secondary N) is 1. The number of primary amides is 1. The van der Waals surface area contributed by atoms with Crippen LogP contribution in [0.5, 0.6) is 0 Å². The number of nitrogens with two attached hydrogens (primary N) is 1. The van der Waals surface area contributed by atoms with Crippen LogP contribution in [-0.2, 0) is 27.3 Å². The Bertz CT molecular complexity index is 820. The first-order valence-corrected chi connectivity index (χ1v) is 10.5. The highest BCUT2D eigenvalue weighted by molar-refractivity contribution is 6.05. The van der Waals surface area contributed by atoms with Crippen molar-refractivity contribution in [2.45, 2.75) is 70.9 Å². The maximum Gasteiger partial charge on any atom is 0.255 e. The fourth-order valence-electron chi connectivity index (χ4n) is 4.20. The number of fused-ring (bicyclic) bond motifs is 1. The van der Waals surface area contributed by atoms with E-state index in [9.17, 15) is 19.2 Å². The molecule has 0 aliphatic carbocycles. The molecule has 0 bridgehead atoms.